The predicted octanol–water partition coefficient (Wildman–Crippen LogP) is 3.12. The molecule has 1 N–H and O–H groups in total. The highest BCUT2D eigenvalue weighted by Crippen LogP contribution is 2.49. The van der Waals surface area contributed by atoms with Gasteiger partial charge in [0.1, 0.15) is 11.3 Å². The van der Waals surface area contributed by atoms with Gasteiger partial charge in [-0.15, -0.1) is 0 Å². The second kappa shape index (κ2) is 4.60. The van der Waals surface area contributed by atoms with E-state index in [0.717, 1.165) is 42.5 Å². The first-order valence-electron chi connectivity index (χ1n) is 7.61. The van der Waals surface area contributed by atoms with Crippen LogP contribution < -0.4 is 0 Å². The lowest BCUT2D eigenvalue weighted by Crippen LogP contribution is -2.35. The Morgan fingerprint density at radius 1 is 1.43 bits per heavy atom. The minimum Gasteiger partial charge on any atom is -0.481 e. The summed E-state index contributed by atoms with van der Waals surface area (Å²) < 4.78 is 5.86. The fourth-order valence-corrected chi connectivity index (χ4v) is 4.20. The molecule has 0 radical (unpaired) electrons. The molecule has 1 saturated heterocycles. The fourth-order valence-electron chi connectivity index (χ4n) is 4.20. The molecule has 0 bridgehead atoms. The molecule has 1 saturated carbocycles. The van der Waals surface area contributed by atoms with Crippen molar-refractivity contribution in [3.05, 3.63) is 36.1 Å². The van der Waals surface area contributed by atoms with E-state index in [1.54, 1.807) is 0 Å². The van der Waals surface area contributed by atoms with Gasteiger partial charge in [-0.05, 0) is 30.9 Å². The minimum atomic E-state index is -0.614. The zero-order valence-corrected chi connectivity index (χ0v) is 11.9. The van der Waals surface area contributed by atoms with E-state index in [0.29, 0.717) is 19.0 Å². The third kappa shape index (κ3) is 1.97. The van der Waals surface area contributed by atoms with Crippen molar-refractivity contribution in [2.75, 3.05) is 13.1 Å². The minimum absolute atomic E-state index is 0.305. The molecule has 4 rings (SSSR count). The highest BCUT2D eigenvalue weighted by atomic mass is 16.4. The molecule has 2 fully saturated rings. The molecule has 2 aromatic rings. The van der Waals surface area contributed by atoms with Crippen LogP contribution in [0.25, 0.3) is 11.0 Å². The number of carboxylic acid groups (broad SMARTS) is 1. The predicted molar refractivity (Wildman–Crippen MR) is 78.9 cm³/mol. The van der Waals surface area contributed by atoms with Crippen molar-refractivity contribution in [1.82, 2.24) is 4.90 Å². The summed E-state index contributed by atoms with van der Waals surface area (Å²) in [5.74, 6) is 0.619. The van der Waals surface area contributed by atoms with E-state index >= 15 is 0 Å². The van der Waals surface area contributed by atoms with Gasteiger partial charge in [-0.3, -0.25) is 9.69 Å². The van der Waals surface area contributed by atoms with Crippen molar-refractivity contribution in [2.24, 2.45) is 11.3 Å². The number of aliphatic carboxylic acids is 1. The normalized spacial score (nSPS) is 29.0. The second-order valence-corrected chi connectivity index (χ2v) is 6.47. The Labute approximate surface area is 123 Å². The van der Waals surface area contributed by atoms with Crippen LogP contribution in [0.4, 0.5) is 0 Å². The largest absolute Gasteiger partial charge is 0.481 e. The van der Waals surface area contributed by atoms with E-state index < -0.39 is 11.4 Å². The first-order valence-corrected chi connectivity index (χ1v) is 7.61. The average molecular weight is 285 g/mol. The first kappa shape index (κ1) is 12.9. The van der Waals surface area contributed by atoms with E-state index in [1.807, 2.05) is 24.3 Å². The Bertz CT molecular complexity index is 659. The first-order chi connectivity index (χ1) is 10.2. The molecule has 4 heteroatoms. The summed E-state index contributed by atoms with van der Waals surface area (Å²) >= 11 is 0. The maximum Gasteiger partial charge on any atom is 0.311 e. The van der Waals surface area contributed by atoms with E-state index in [1.165, 1.54) is 0 Å². The van der Waals surface area contributed by atoms with Gasteiger partial charge in [-0.2, -0.15) is 0 Å². The number of rotatable bonds is 3. The lowest BCUT2D eigenvalue weighted by Gasteiger charge is -2.23. The van der Waals surface area contributed by atoms with Crippen LogP contribution in [-0.4, -0.2) is 29.1 Å². The molecule has 21 heavy (non-hydrogen) atoms. The zero-order chi connectivity index (χ0) is 14.4. The third-order valence-corrected chi connectivity index (χ3v) is 5.22. The molecular formula is C17H19NO3. The monoisotopic (exact) mass is 285 g/mol. The van der Waals surface area contributed by atoms with Crippen molar-refractivity contribution in [2.45, 2.75) is 25.8 Å². The van der Waals surface area contributed by atoms with E-state index in [4.69, 9.17) is 4.42 Å². The van der Waals surface area contributed by atoms with Gasteiger partial charge in [-0.25, -0.2) is 0 Å². The molecule has 1 aromatic heterocycles. The van der Waals surface area contributed by atoms with Crippen molar-refractivity contribution in [3.8, 4) is 0 Å². The molecule has 1 aliphatic carbocycles. The molecule has 0 spiro atoms. The van der Waals surface area contributed by atoms with Crippen LogP contribution in [0, 0.1) is 11.3 Å². The number of benzene rings is 1. The molecule has 4 nitrogen and oxygen atoms in total. The van der Waals surface area contributed by atoms with E-state index in [-0.39, 0.29) is 0 Å². The molecular weight excluding hydrogens is 266 g/mol. The Hall–Kier alpha value is -1.81. The number of hydrogen-bond acceptors (Lipinski definition) is 3. The number of fused-ring (bicyclic) bond motifs is 2. The van der Waals surface area contributed by atoms with Gasteiger partial charge >= 0.3 is 5.97 Å². The molecule has 2 atom stereocenters. The summed E-state index contributed by atoms with van der Waals surface area (Å²) in [6.07, 6.45) is 2.92. The van der Waals surface area contributed by atoms with Gasteiger partial charge in [0.2, 0.25) is 0 Å². The molecule has 2 heterocycles. The third-order valence-electron chi connectivity index (χ3n) is 5.22. The topological polar surface area (TPSA) is 53.7 Å². The van der Waals surface area contributed by atoms with Crippen LogP contribution in [0.2, 0.25) is 0 Å². The van der Waals surface area contributed by atoms with E-state index in [9.17, 15) is 9.90 Å². The Morgan fingerprint density at radius 2 is 2.29 bits per heavy atom. The van der Waals surface area contributed by atoms with Gasteiger partial charge in [-0.1, -0.05) is 24.6 Å². The summed E-state index contributed by atoms with van der Waals surface area (Å²) in [6.45, 7) is 2.24. The molecule has 0 unspecified atom stereocenters. The number of carbonyl (C=O) groups is 1. The van der Waals surface area contributed by atoms with Gasteiger partial charge in [0.25, 0.3) is 0 Å². The highest BCUT2D eigenvalue weighted by Gasteiger charge is 2.54. The Balaban J connectivity index is 1.55. The number of hydrogen-bond donors (Lipinski definition) is 1. The quantitative estimate of drug-likeness (QED) is 0.941. The van der Waals surface area contributed by atoms with Crippen molar-refractivity contribution in [1.29, 1.82) is 0 Å². The lowest BCUT2D eigenvalue weighted by atomic mass is 9.81. The van der Waals surface area contributed by atoms with Gasteiger partial charge < -0.3 is 9.52 Å². The Morgan fingerprint density at radius 3 is 3.05 bits per heavy atom. The van der Waals surface area contributed by atoms with Crippen molar-refractivity contribution in [3.63, 3.8) is 0 Å². The highest BCUT2D eigenvalue weighted by molar-refractivity contribution is 5.78. The number of carboxylic acids is 1. The van der Waals surface area contributed by atoms with Crippen LogP contribution in [0.1, 0.15) is 25.0 Å². The number of para-hydroxylation sites is 1. The summed E-state index contributed by atoms with van der Waals surface area (Å²) in [5.41, 5.74) is 0.395. The summed E-state index contributed by atoms with van der Waals surface area (Å²) in [6, 6.07) is 10.0. The lowest BCUT2D eigenvalue weighted by molar-refractivity contribution is -0.149. The number of furan rings is 1. The van der Waals surface area contributed by atoms with Gasteiger partial charge in [0.05, 0.1) is 12.0 Å². The van der Waals surface area contributed by atoms with E-state index in [2.05, 4.69) is 11.0 Å². The van der Waals surface area contributed by atoms with Crippen LogP contribution in [0.3, 0.4) is 0 Å². The molecule has 110 valence electrons. The van der Waals surface area contributed by atoms with Gasteiger partial charge in [0.15, 0.2) is 0 Å². The standard InChI is InChI=1S/C17H19NO3/c19-16(20)17-7-3-5-13(17)9-18(11-17)10-14-8-12-4-1-2-6-15(12)21-14/h1-2,4,6,8,13H,3,5,7,9-11H2,(H,19,20)/t13-,17+/m0/s1. The van der Waals surface area contributed by atoms with Crippen molar-refractivity contribution < 1.29 is 14.3 Å². The Kier molecular flexibility index (Phi) is 2.82. The average Bonchev–Trinajstić information content (AvgIpc) is 3.09. The van der Waals surface area contributed by atoms with Gasteiger partial charge in [0, 0.05) is 18.5 Å². The summed E-state index contributed by atoms with van der Waals surface area (Å²) in [5, 5.41) is 10.7. The second-order valence-electron chi connectivity index (χ2n) is 6.47. The maximum absolute atomic E-state index is 11.7. The number of nitrogens with zero attached hydrogens (tertiary/aromatic N) is 1. The molecule has 2 aliphatic rings. The van der Waals surface area contributed by atoms with Crippen molar-refractivity contribution >= 4 is 16.9 Å². The smallest absolute Gasteiger partial charge is 0.311 e. The zero-order valence-electron chi connectivity index (χ0n) is 11.9. The van der Waals surface area contributed by atoms with Crippen LogP contribution in [0.15, 0.2) is 34.7 Å². The molecule has 1 aliphatic heterocycles. The molecule has 0 amide bonds. The van der Waals surface area contributed by atoms with Crippen LogP contribution in [-0.2, 0) is 11.3 Å². The number of likely N-dealkylation sites (tertiary alicyclic amines) is 1. The molecule has 1 aromatic carbocycles. The summed E-state index contributed by atoms with van der Waals surface area (Å²) in [4.78, 5) is 13.9. The maximum atomic E-state index is 11.7. The van der Waals surface area contributed by atoms with Crippen LogP contribution in [0.5, 0.6) is 0 Å². The summed E-state index contributed by atoms with van der Waals surface area (Å²) in [7, 11) is 0. The fraction of sp³-hybridized carbons (Fsp3) is 0.471. The van der Waals surface area contributed by atoms with Crippen LogP contribution >= 0.6 is 0 Å². The SMILES string of the molecule is O=C(O)[C@@]12CCC[C@H]1CN(Cc1cc3ccccc3o1)C2.